The average Bonchev–Trinajstić information content (AvgIpc) is 3.04. The summed E-state index contributed by atoms with van der Waals surface area (Å²) in [5.41, 5.74) is 7.76. The third-order valence-electron chi connectivity index (χ3n) is 3.60. The first-order valence-corrected chi connectivity index (χ1v) is 7.90. The van der Waals surface area contributed by atoms with E-state index >= 15 is 0 Å². The summed E-state index contributed by atoms with van der Waals surface area (Å²) in [6, 6.07) is 12.5. The minimum absolute atomic E-state index is 0.355. The number of nitrogens with zero attached hydrogens (tertiary/aromatic N) is 2. The summed E-state index contributed by atoms with van der Waals surface area (Å²) in [6.45, 7) is 0.416. The van der Waals surface area contributed by atoms with Crippen LogP contribution in [0, 0.1) is 0 Å². The quantitative estimate of drug-likeness (QED) is 0.693. The molecule has 3 aromatic rings. The molecule has 0 bridgehead atoms. The van der Waals surface area contributed by atoms with Crippen molar-refractivity contribution in [1.29, 1.82) is 0 Å². The number of alkyl halides is 3. The summed E-state index contributed by atoms with van der Waals surface area (Å²) in [6.07, 6.45) is -2.75. The molecular formula is C17H13BrF3N3. The molecule has 1 aromatic heterocycles. The van der Waals surface area contributed by atoms with Crippen LogP contribution >= 0.6 is 15.9 Å². The third kappa shape index (κ3) is 3.37. The van der Waals surface area contributed by atoms with Crippen molar-refractivity contribution in [3.05, 3.63) is 70.3 Å². The van der Waals surface area contributed by atoms with Gasteiger partial charge < -0.3 is 5.73 Å². The topological polar surface area (TPSA) is 43.8 Å². The van der Waals surface area contributed by atoms with Gasteiger partial charge in [-0.15, -0.1) is 0 Å². The zero-order valence-electron chi connectivity index (χ0n) is 12.4. The minimum Gasteiger partial charge on any atom is -0.326 e. The van der Waals surface area contributed by atoms with Gasteiger partial charge in [-0.25, -0.2) is 4.68 Å². The second-order valence-corrected chi connectivity index (χ2v) is 6.06. The molecular weight excluding hydrogens is 383 g/mol. The SMILES string of the molecule is NCc1ccc(-c2ccn(-c3cccc(C(F)(F)F)c3)n2)cc1Br. The van der Waals surface area contributed by atoms with E-state index in [1.54, 1.807) is 18.3 Å². The first kappa shape index (κ1) is 16.7. The number of halogens is 4. The molecule has 0 amide bonds. The van der Waals surface area contributed by atoms with Gasteiger partial charge in [0, 0.05) is 22.8 Å². The van der Waals surface area contributed by atoms with Crippen molar-refractivity contribution < 1.29 is 13.2 Å². The molecule has 0 spiro atoms. The summed E-state index contributed by atoms with van der Waals surface area (Å²) in [7, 11) is 0. The van der Waals surface area contributed by atoms with E-state index in [9.17, 15) is 13.2 Å². The second-order valence-electron chi connectivity index (χ2n) is 5.20. The van der Waals surface area contributed by atoms with Crippen LogP contribution in [-0.2, 0) is 12.7 Å². The molecule has 0 radical (unpaired) electrons. The van der Waals surface area contributed by atoms with Crippen molar-refractivity contribution in [2.24, 2.45) is 5.73 Å². The molecule has 1 heterocycles. The van der Waals surface area contributed by atoms with Crippen molar-refractivity contribution in [3.8, 4) is 16.9 Å². The van der Waals surface area contributed by atoms with Crippen LogP contribution < -0.4 is 5.73 Å². The lowest BCUT2D eigenvalue weighted by molar-refractivity contribution is -0.137. The van der Waals surface area contributed by atoms with Gasteiger partial charge in [0.25, 0.3) is 0 Å². The Morgan fingerprint density at radius 3 is 2.54 bits per heavy atom. The number of rotatable bonds is 3. The molecule has 0 unspecified atom stereocenters. The number of benzene rings is 2. The molecule has 7 heteroatoms. The van der Waals surface area contributed by atoms with Gasteiger partial charge in [0.05, 0.1) is 16.9 Å². The van der Waals surface area contributed by atoms with E-state index in [4.69, 9.17) is 5.73 Å². The Bertz CT molecular complexity index is 872. The van der Waals surface area contributed by atoms with Crippen LogP contribution in [0.2, 0.25) is 0 Å². The molecule has 0 atom stereocenters. The highest BCUT2D eigenvalue weighted by Crippen LogP contribution is 2.30. The van der Waals surface area contributed by atoms with Crippen LogP contribution in [0.4, 0.5) is 13.2 Å². The Morgan fingerprint density at radius 1 is 1.08 bits per heavy atom. The van der Waals surface area contributed by atoms with Gasteiger partial charge in [-0.3, -0.25) is 0 Å². The van der Waals surface area contributed by atoms with E-state index < -0.39 is 11.7 Å². The Hall–Kier alpha value is -2.12. The number of aromatic nitrogens is 2. The highest BCUT2D eigenvalue weighted by molar-refractivity contribution is 9.10. The van der Waals surface area contributed by atoms with Crippen LogP contribution in [0.25, 0.3) is 16.9 Å². The normalized spacial score (nSPS) is 11.7. The summed E-state index contributed by atoms with van der Waals surface area (Å²) in [5, 5.41) is 4.37. The Kier molecular flexibility index (Phi) is 4.47. The maximum atomic E-state index is 12.8. The fraction of sp³-hybridized carbons (Fsp3) is 0.118. The maximum Gasteiger partial charge on any atom is 0.416 e. The van der Waals surface area contributed by atoms with Gasteiger partial charge in [0.15, 0.2) is 0 Å². The third-order valence-corrected chi connectivity index (χ3v) is 4.33. The maximum absolute atomic E-state index is 12.8. The standard InChI is InChI=1S/C17H13BrF3N3/c18-15-8-11(4-5-12(15)10-22)16-6-7-24(23-16)14-3-1-2-13(9-14)17(19,20)21/h1-9H,10,22H2. The molecule has 0 aliphatic heterocycles. The highest BCUT2D eigenvalue weighted by atomic mass is 79.9. The fourth-order valence-corrected chi connectivity index (χ4v) is 2.86. The predicted octanol–water partition coefficient (Wildman–Crippen LogP) is 4.78. The lowest BCUT2D eigenvalue weighted by Gasteiger charge is -2.08. The number of hydrogen-bond donors (Lipinski definition) is 1. The van der Waals surface area contributed by atoms with Crippen LogP contribution in [0.5, 0.6) is 0 Å². The molecule has 0 fully saturated rings. The molecule has 24 heavy (non-hydrogen) atoms. The lowest BCUT2D eigenvalue weighted by Crippen LogP contribution is -2.06. The smallest absolute Gasteiger partial charge is 0.326 e. The van der Waals surface area contributed by atoms with Gasteiger partial charge in [-0.05, 0) is 35.9 Å². The van der Waals surface area contributed by atoms with Crippen LogP contribution in [0.1, 0.15) is 11.1 Å². The summed E-state index contributed by atoms with van der Waals surface area (Å²) >= 11 is 3.45. The van der Waals surface area contributed by atoms with Gasteiger partial charge >= 0.3 is 6.18 Å². The number of nitrogens with two attached hydrogens (primary N) is 1. The highest BCUT2D eigenvalue weighted by Gasteiger charge is 2.30. The molecule has 2 aromatic carbocycles. The molecule has 0 aliphatic rings. The van der Waals surface area contributed by atoms with Crippen molar-refractivity contribution in [3.63, 3.8) is 0 Å². The van der Waals surface area contributed by atoms with E-state index in [-0.39, 0.29) is 0 Å². The van der Waals surface area contributed by atoms with E-state index in [1.807, 2.05) is 18.2 Å². The molecule has 124 valence electrons. The Labute approximate surface area is 145 Å². The first-order valence-electron chi connectivity index (χ1n) is 7.10. The lowest BCUT2D eigenvalue weighted by atomic mass is 10.1. The van der Waals surface area contributed by atoms with Gasteiger partial charge in [-0.2, -0.15) is 18.3 Å². The van der Waals surface area contributed by atoms with E-state index in [1.165, 1.54) is 10.7 Å². The summed E-state index contributed by atoms with van der Waals surface area (Å²) in [5.74, 6) is 0. The monoisotopic (exact) mass is 395 g/mol. The van der Waals surface area contributed by atoms with Gasteiger partial charge in [0.2, 0.25) is 0 Å². The Morgan fingerprint density at radius 2 is 1.88 bits per heavy atom. The van der Waals surface area contributed by atoms with Crippen LogP contribution in [0.15, 0.2) is 59.2 Å². The van der Waals surface area contributed by atoms with E-state index in [0.717, 1.165) is 27.7 Å². The van der Waals surface area contributed by atoms with E-state index in [2.05, 4.69) is 21.0 Å². The van der Waals surface area contributed by atoms with Crippen LogP contribution in [0.3, 0.4) is 0 Å². The number of hydrogen-bond acceptors (Lipinski definition) is 2. The van der Waals surface area contributed by atoms with Gasteiger partial charge in [0.1, 0.15) is 0 Å². The van der Waals surface area contributed by atoms with Crippen molar-refractivity contribution in [2.45, 2.75) is 12.7 Å². The fourth-order valence-electron chi connectivity index (χ4n) is 2.32. The summed E-state index contributed by atoms with van der Waals surface area (Å²) < 4.78 is 40.8. The molecule has 0 saturated heterocycles. The molecule has 0 aliphatic carbocycles. The first-order chi connectivity index (χ1) is 11.4. The van der Waals surface area contributed by atoms with Crippen molar-refractivity contribution in [1.82, 2.24) is 9.78 Å². The second kappa shape index (κ2) is 6.41. The molecule has 2 N–H and O–H groups in total. The van der Waals surface area contributed by atoms with Crippen molar-refractivity contribution in [2.75, 3.05) is 0 Å². The average molecular weight is 396 g/mol. The predicted molar refractivity (Wildman–Crippen MR) is 89.6 cm³/mol. The molecule has 3 nitrogen and oxygen atoms in total. The molecule has 3 rings (SSSR count). The summed E-state index contributed by atoms with van der Waals surface area (Å²) in [4.78, 5) is 0. The van der Waals surface area contributed by atoms with Gasteiger partial charge in [-0.1, -0.05) is 34.1 Å². The van der Waals surface area contributed by atoms with Crippen LogP contribution in [-0.4, -0.2) is 9.78 Å². The van der Waals surface area contributed by atoms with Crippen molar-refractivity contribution >= 4 is 15.9 Å². The largest absolute Gasteiger partial charge is 0.416 e. The molecule has 0 saturated carbocycles. The zero-order chi connectivity index (χ0) is 17.3. The Balaban J connectivity index is 1.95. The minimum atomic E-state index is -4.38. The zero-order valence-corrected chi connectivity index (χ0v) is 14.0. The van der Waals surface area contributed by atoms with E-state index in [0.29, 0.717) is 17.9 Å².